The highest BCUT2D eigenvalue weighted by Crippen LogP contribution is 2.29. The van der Waals surface area contributed by atoms with E-state index in [1.807, 2.05) is 11.8 Å². The third-order valence-electron chi connectivity index (χ3n) is 5.38. The smallest absolute Gasteiger partial charge is 0.481 e. The molecule has 0 aliphatic carbocycles. The predicted octanol–water partition coefficient (Wildman–Crippen LogP) is 1.75. The van der Waals surface area contributed by atoms with Gasteiger partial charge in [0.2, 0.25) is 22.9 Å². The Balaban J connectivity index is 0.000000479. The van der Waals surface area contributed by atoms with Crippen molar-refractivity contribution in [2.45, 2.75) is 26.1 Å². The van der Waals surface area contributed by atoms with Gasteiger partial charge in [0, 0.05) is 49.7 Å². The average Bonchev–Trinajstić information content (AvgIpc) is 3.32. The molecule has 0 bridgehead atoms. The molecule has 3 aromatic heterocycles. The number of nitrogens with one attached hydrogen (secondary N) is 1. The van der Waals surface area contributed by atoms with Crippen LogP contribution in [0.1, 0.15) is 12.6 Å². The van der Waals surface area contributed by atoms with Crippen LogP contribution in [0.25, 0.3) is 22.7 Å². The van der Waals surface area contributed by atoms with Gasteiger partial charge < -0.3 is 34.2 Å². The number of rotatable bonds is 6. The number of aromatic nitrogens is 3. The minimum atomic E-state index is -5.08. The maximum Gasteiger partial charge on any atom is 0.490 e. The van der Waals surface area contributed by atoms with Crippen molar-refractivity contribution in [1.29, 1.82) is 0 Å². The fourth-order valence-electron chi connectivity index (χ4n) is 3.79. The Morgan fingerprint density at radius 3 is 2.43 bits per heavy atom. The van der Waals surface area contributed by atoms with Gasteiger partial charge in [-0.05, 0) is 12.5 Å². The highest BCUT2D eigenvalue weighted by molar-refractivity contribution is 5.80. The van der Waals surface area contributed by atoms with E-state index in [4.69, 9.17) is 19.1 Å². The number of piperazine rings is 1. The summed E-state index contributed by atoms with van der Waals surface area (Å²) in [6, 6.07) is 3.34. The van der Waals surface area contributed by atoms with Crippen molar-refractivity contribution < 1.29 is 42.1 Å². The SMILES string of the molecule is CCc1c(N2CCNCC2)c(=O)c2nc(-c3ccnc(OC)c3)oc2n1CC(=O)O.O=C(O)C(F)(F)F. The Kier molecular flexibility index (Phi) is 8.37. The number of anilines is 1. The quantitative estimate of drug-likeness (QED) is 0.428. The van der Waals surface area contributed by atoms with Crippen LogP contribution >= 0.6 is 0 Å². The van der Waals surface area contributed by atoms with Crippen molar-refractivity contribution in [2.75, 3.05) is 38.2 Å². The van der Waals surface area contributed by atoms with E-state index >= 15 is 0 Å². The molecule has 0 aromatic carbocycles. The van der Waals surface area contributed by atoms with Gasteiger partial charge in [-0.25, -0.2) is 14.8 Å². The van der Waals surface area contributed by atoms with E-state index in [0.29, 0.717) is 42.3 Å². The number of fused-ring (bicyclic) bond motifs is 1. The standard InChI is InChI=1S/C20H23N5O5.C2HF3O2/c1-3-13-17(24-8-6-21-7-9-24)18(28)16-20(25(13)11-15(26)27)30-19(23-16)12-4-5-22-14(10-12)29-2;3-2(4,5)1(6)7/h4-5,10,21H,3,6-9,11H2,1-2H3,(H,26,27);(H,6,7). The van der Waals surface area contributed by atoms with Gasteiger partial charge in [-0.15, -0.1) is 0 Å². The zero-order valence-electron chi connectivity index (χ0n) is 19.8. The summed E-state index contributed by atoms with van der Waals surface area (Å²) in [7, 11) is 1.50. The second-order valence-corrected chi connectivity index (χ2v) is 7.76. The van der Waals surface area contributed by atoms with Crippen LogP contribution in [0.4, 0.5) is 18.9 Å². The minimum Gasteiger partial charge on any atom is -0.481 e. The van der Waals surface area contributed by atoms with Crippen molar-refractivity contribution >= 4 is 28.9 Å². The van der Waals surface area contributed by atoms with E-state index in [9.17, 15) is 27.9 Å². The number of aliphatic carboxylic acids is 2. The second-order valence-electron chi connectivity index (χ2n) is 7.76. The van der Waals surface area contributed by atoms with Crippen LogP contribution in [-0.4, -0.2) is 76.2 Å². The minimum absolute atomic E-state index is 0.118. The Labute approximate surface area is 207 Å². The number of carboxylic acid groups (broad SMARTS) is 2. The zero-order valence-corrected chi connectivity index (χ0v) is 19.8. The monoisotopic (exact) mass is 527 g/mol. The number of carboxylic acids is 2. The lowest BCUT2D eigenvalue weighted by molar-refractivity contribution is -0.192. The molecule has 12 nitrogen and oxygen atoms in total. The summed E-state index contributed by atoms with van der Waals surface area (Å²) < 4.78 is 44.4. The summed E-state index contributed by atoms with van der Waals surface area (Å²) >= 11 is 0. The van der Waals surface area contributed by atoms with Crippen molar-refractivity contribution in [3.8, 4) is 17.3 Å². The Morgan fingerprint density at radius 1 is 1.24 bits per heavy atom. The van der Waals surface area contributed by atoms with Crippen LogP contribution in [0.5, 0.6) is 5.88 Å². The maximum atomic E-state index is 13.4. The van der Waals surface area contributed by atoms with E-state index in [-0.39, 0.29) is 29.1 Å². The molecule has 15 heteroatoms. The Hall–Kier alpha value is -4.14. The molecule has 0 atom stereocenters. The number of methoxy groups -OCH3 is 1. The summed E-state index contributed by atoms with van der Waals surface area (Å²) in [6.45, 7) is 4.39. The molecule has 1 aliphatic rings. The number of nitrogens with zero attached hydrogens (tertiary/aromatic N) is 4. The Bertz CT molecular complexity index is 1350. The van der Waals surface area contributed by atoms with Gasteiger partial charge in [0.15, 0.2) is 5.52 Å². The number of hydrogen-bond donors (Lipinski definition) is 3. The molecule has 4 heterocycles. The molecule has 1 saturated heterocycles. The van der Waals surface area contributed by atoms with Crippen molar-refractivity contribution in [3.05, 3.63) is 34.2 Å². The van der Waals surface area contributed by atoms with Crippen molar-refractivity contribution in [2.24, 2.45) is 0 Å². The number of oxazole rings is 1. The summed E-state index contributed by atoms with van der Waals surface area (Å²) in [6.07, 6.45) is -3.05. The van der Waals surface area contributed by atoms with Gasteiger partial charge in [0.25, 0.3) is 0 Å². The van der Waals surface area contributed by atoms with Crippen LogP contribution in [0.15, 0.2) is 27.5 Å². The van der Waals surface area contributed by atoms with Crippen LogP contribution in [-0.2, 0) is 22.6 Å². The molecule has 3 N–H and O–H groups in total. The largest absolute Gasteiger partial charge is 0.490 e. The Morgan fingerprint density at radius 2 is 1.89 bits per heavy atom. The van der Waals surface area contributed by atoms with Crippen LogP contribution in [0.3, 0.4) is 0 Å². The molecular weight excluding hydrogens is 503 g/mol. The van der Waals surface area contributed by atoms with Gasteiger partial charge in [-0.3, -0.25) is 9.59 Å². The van der Waals surface area contributed by atoms with Crippen molar-refractivity contribution in [1.82, 2.24) is 19.9 Å². The normalized spacial score (nSPS) is 13.7. The fourth-order valence-corrected chi connectivity index (χ4v) is 3.79. The topological polar surface area (TPSA) is 160 Å². The van der Waals surface area contributed by atoms with Gasteiger partial charge in [-0.1, -0.05) is 6.92 Å². The summed E-state index contributed by atoms with van der Waals surface area (Å²) in [5.74, 6) is -3.19. The summed E-state index contributed by atoms with van der Waals surface area (Å²) in [5, 5.41) is 19.9. The van der Waals surface area contributed by atoms with Crippen LogP contribution in [0.2, 0.25) is 0 Å². The lowest BCUT2D eigenvalue weighted by atomic mass is 10.1. The van der Waals surface area contributed by atoms with Crippen molar-refractivity contribution in [3.63, 3.8) is 0 Å². The molecular formula is C22H24F3N5O7. The van der Waals surface area contributed by atoms with E-state index in [1.54, 1.807) is 22.9 Å². The molecule has 37 heavy (non-hydrogen) atoms. The molecule has 0 amide bonds. The zero-order chi connectivity index (χ0) is 27.3. The first-order valence-electron chi connectivity index (χ1n) is 11.0. The summed E-state index contributed by atoms with van der Waals surface area (Å²) in [5.41, 5.74) is 1.74. The molecule has 0 unspecified atom stereocenters. The van der Waals surface area contributed by atoms with Gasteiger partial charge in [0.05, 0.1) is 7.11 Å². The second kappa shape index (κ2) is 11.3. The van der Waals surface area contributed by atoms with E-state index in [0.717, 1.165) is 13.1 Å². The molecule has 0 saturated carbocycles. The number of alkyl halides is 3. The van der Waals surface area contributed by atoms with Gasteiger partial charge >= 0.3 is 18.1 Å². The molecule has 4 rings (SSSR count). The molecule has 3 aromatic rings. The van der Waals surface area contributed by atoms with Crippen LogP contribution < -0.4 is 20.4 Å². The van der Waals surface area contributed by atoms with E-state index < -0.39 is 18.1 Å². The molecule has 200 valence electrons. The number of carbonyl (C=O) groups is 2. The lowest BCUT2D eigenvalue weighted by Crippen LogP contribution is -2.46. The average molecular weight is 527 g/mol. The molecule has 1 aliphatic heterocycles. The first-order chi connectivity index (χ1) is 17.5. The third-order valence-corrected chi connectivity index (χ3v) is 5.38. The molecule has 1 fully saturated rings. The van der Waals surface area contributed by atoms with Gasteiger partial charge in [-0.2, -0.15) is 13.2 Å². The van der Waals surface area contributed by atoms with Crippen LogP contribution in [0, 0.1) is 0 Å². The molecule has 0 radical (unpaired) electrons. The third kappa shape index (κ3) is 6.17. The number of pyridine rings is 2. The predicted molar refractivity (Wildman–Crippen MR) is 124 cm³/mol. The van der Waals surface area contributed by atoms with Gasteiger partial charge in [0.1, 0.15) is 12.2 Å². The number of ether oxygens (including phenoxy) is 1. The first-order valence-corrected chi connectivity index (χ1v) is 11.0. The molecule has 0 spiro atoms. The maximum absolute atomic E-state index is 13.4. The highest BCUT2D eigenvalue weighted by atomic mass is 19.4. The highest BCUT2D eigenvalue weighted by Gasteiger charge is 2.38. The fraction of sp³-hybridized carbons (Fsp3) is 0.409. The lowest BCUT2D eigenvalue weighted by Gasteiger charge is -2.31. The van der Waals surface area contributed by atoms with E-state index in [1.165, 1.54) is 7.11 Å². The number of halogens is 3. The first kappa shape index (κ1) is 27.4. The summed E-state index contributed by atoms with van der Waals surface area (Å²) in [4.78, 5) is 44.4. The number of hydrogen-bond acceptors (Lipinski definition) is 9. The van der Waals surface area contributed by atoms with E-state index in [2.05, 4.69) is 15.3 Å².